The molecule has 126 valence electrons. The molecule has 1 aromatic carbocycles. The van der Waals surface area contributed by atoms with E-state index in [0.717, 1.165) is 30.6 Å². The summed E-state index contributed by atoms with van der Waals surface area (Å²) in [7, 11) is 0. The molecule has 2 aromatic rings. The minimum absolute atomic E-state index is 0. The van der Waals surface area contributed by atoms with Gasteiger partial charge in [0, 0.05) is 18.0 Å². The van der Waals surface area contributed by atoms with Crippen LogP contribution in [-0.4, -0.2) is 29.6 Å². The van der Waals surface area contributed by atoms with E-state index < -0.39 is 0 Å². The summed E-state index contributed by atoms with van der Waals surface area (Å²) >= 11 is 1.85. The maximum absolute atomic E-state index is 10.2. The van der Waals surface area contributed by atoms with Crippen molar-refractivity contribution in [1.29, 1.82) is 0 Å². The lowest BCUT2D eigenvalue weighted by Gasteiger charge is -2.33. The van der Waals surface area contributed by atoms with E-state index >= 15 is 0 Å². The standard InChI is InChI=1S/C19H25NOS.ClH/c1-14-7-8-18(15(2)19(14)21)16-5-3-10-20(13-16)11-9-17-6-4-12-22-17;/h4,6-8,12,16,21H,3,5,9-11,13H2,1-2H3;1H. The van der Waals surface area contributed by atoms with Crippen LogP contribution in [0.5, 0.6) is 5.75 Å². The van der Waals surface area contributed by atoms with Crippen molar-refractivity contribution in [3.05, 3.63) is 51.2 Å². The normalized spacial score (nSPS) is 18.6. The highest BCUT2D eigenvalue weighted by Crippen LogP contribution is 2.34. The molecule has 23 heavy (non-hydrogen) atoms. The first-order chi connectivity index (χ1) is 10.6. The Morgan fingerprint density at radius 1 is 1.26 bits per heavy atom. The number of phenols is 1. The summed E-state index contributed by atoms with van der Waals surface area (Å²) in [6, 6.07) is 8.64. The van der Waals surface area contributed by atoms with Crippen LogP contribution in [0.4, 0.5) is 0 Å². The molecule has 1 unspecified atom stereocenters. The summed E-state index contributed by atoms with van der Waals surface area (Å²) in [6.45, 7) is 7.50. The molecule has 0 bridgehead atoms. The molecule has 1 aliphatic rings. The first-order valence-corrected chi connectivity index (χ1v) is 9.07. The zero-order valence-corrected chi connectivity index (χ0v) is 15.6. The Labute approximate surface area is 149 Å². The van der Waals surface area contributed by atoms with E-state index in [1.54, 1.807) is 0 Å². The highest BCUT2D eigenvalue weighted by Gasteiger charge is 2.23. The van der Waals surface area contributed by atoms with Gasteiger partial charge in [-0.05, 0) is 73.7 Å². The molecule has 4 heteroatoms. The monoisotopic (exact) mass is 351 g/mol. The number of halogens is 1. The molecule has 1 saturated heterocycles. The number of aryl methyl sites for hydroxylation is 1. The van der Waals surface area contributed by atoms with Crippen LogP contribution in [0.1, 0.15) is 40.3 Å². The van der Waals surface area contributed by atoms with Crippen molar-refractivity contribution >= 4 is 23.7 Å². The molecule has 1 aliphatic heterocycles. The summed E-state index contributed by atoms with van der Waals surface area (Å²) in [4.78, 5) is 4.07. The summed E-state index contributed by atoms with van der Waals surface area (Å²) in [6.07, 6.45) is 3.64. The van der Waals surface area contributed by atoms with E-state index in [2.05, 4.69) is 41.5 Å². The topological polar surface area (TPSA) is 23.5 Å². The third-order valence-corrected chi connectivity index (χ3v) is 5.81. The second kappa shape index (κ2) is 8.18. The second-order valence-corrected chi connectivity index (χ2v) is 7.45. The van der Waals surface area contributed by atoms with E-state index in [-0.39, 0.29) is 12.4 Å². The van der Waals surface area contributed by atoms with E-state index in [1.165, 1.54) is 29.8 Å². The third kappa shape index (κ3) is 4.28. The fourth-order valence-corrected chi connectivity index (χ4v) is 4.23. The second-order valence-electron chi connectivity index (χ2n) is 6.41. The average Bonchev–Trinajstić information content (AvgIpc) is 3.04. The van der Waals surface area contributed by atoms with Gasteiger partial charge in [-0.15, -0.1) is 23.7 Å². The van der Waals surface area contributed by atoms with Crippen LogP contribution in [0.15, 0.2) is 29.6 Å². The zero-order chi connectivity index (χ0) is 15.5. The quantitative estimate of drug-likeness (QED) is 0.845. The van der Waals surface area contributed by atoms with Crippen LogP contribution in [0.3, 0.4) is 0 Å². The fourth-order valence-electron chi connectivity index (χ4n) is 3.53. The molecule has 1 aromatic heterocycles. The van der Waals surface area contributed by atoms with Crippen molar-refractivity contribution in [3.8, 4) is 5.75 Å². The van der Waals surface area contributed by atoms with Gasteiger partial charge in [-0.2, -0.15) is 0 Å². The van der Waals surface area contributed by atoms with Gasteiger partial charge < -0.3 is 10.0 Å². The molecule has 1 fully saturated rings. The van der Waals surface area contributed by atoms with E-state index in [0.29, 0.717) is 11.7 Å². The molecule has 1 atom stereocenters. The lowest BCUT2D eigenvalue weighted by atomic mass is 9.87. The van der Waals surface area contributed by atoms with Crippen LogP contribution in [0, 0.1) is 13.8 Å². The fraction of sp³-hybridized carbons (Fsp3) is 0.474. The zero-order valence-electron chi connectivity index (χ0n) is 13.9. The minimum Gasteiger partial charge on any atom is -0.507 e. The smallest absolute Gasteiger partial charge is 0.121 e. The highest BCUT2D eigenvalue weighted by atomic mass is 35.5. The number of likely N-dealkylation sites (tertiary alicyclic amines) is 1. The number of nitrogens with zero attached hydrogens (tertiary/aromatic N) is 1. The van der Waals surface area contributed by atoms with Gasteiger partial charge in [0.05, 0.1) is 0 Å². The van der Waals surface area contributed by atoms with Crippen LogP contribution in [0.2, 0.25) is 0 Å². The lowest BCUT2D eigenvalue weighted by Crippen LogP contribution is -2.35. The summed E-state index contributed by atoms with van der Waals surface area (Å²) in [5.74, 6) is 1.04. The van der Waals surface area contributed by atoms with Crippen molar-refractivity contribution in [2.45, 2.75) is 39.0 Å². The Kier molecular flexibility index (Phi) is 6.51. The molecular formula is C19H26ClNOS. The number of rotatable bonds is 4. The first-order valence-electron chi connectivity index (χ1n) is 8.19. The summed E-state index contributed by atoms with van der Waals surface area (Å²) in [5, 5.41) is 12.4. The number of phenolic OH excluding ortho intramolecular Hbond substituents is 1. The van der Waals surface area contributed by atoms with E-state index in [4.69, 9.17) is 0 Å². The Morgan fingerprint density at radius 2 is 2.09 bits per heavy atom. The predicted octanol–water partition coefficient (Wildman–Crippen LogP) is 4.91. The number of piperidine rings is 1. The van der Waals surface area contributed by atoms with Crippen LogP contribution >= 0.6 is 23.7 Å². The van der Waals surface area contributed by atoms with Crippen LogP contribution < -0.4 is 0 Å². The lowest BCUT2D eigenvalue weighted by molar-refractivity contribution is 0.210. The molecule has 0 saturated carbocycles. The average molecular weight is 352 g/mol. The van der Waals surface area contributed by atoms with Gasteiger partial charge in [-0.3, -0.25) is 0 Å². The largest absolute Gasteiger partial charge is 0.507 e. The Bertz CT molecular complexity index is 627. The van der Waals surface area contributed by atoms with Gasteiger partial charge >= 0.3 is 0 Å². The number of benzene rings is 1. The van der Waals surface area contributed by atoms with Crippen molar-refractivity contribution in [3.63, 3.8) is 0 Å². The van der Waals surface area contributed by atoms with Gasteiger partial charge in [-0.1, -0.05) is 18.2 Å². The Hall–Kier alpha value is -1.03. The highest BCUT2D eigenvalue weighted by molar-refractivity contribution is 7.09. The van der Waals surface area contributed by atoms with Gasteiger partial charge in [0.1, 0.15) is 5.75 Å². The Balaban J connectivity index is 0.00000192. The molecule has 2 nitrogen and oxygen atoms in total. The van der Waals surface area contributed by atoms with Crippen molar-refractivity contribution in [2.24, 2.45) is 0 Å². The van der Waals surface area contributed by atoms with Gasteiger partial charge in [0.25, 0.3) is 0 Å². The van der Waals surface area contributed by atoms with E-state index in [9.17, 15) is 5.11 Å². The summed E-state index contributed by atoms with van der Waals surface area (Å²) in [5.41, 5.74) is 3.39. The summed E-state index contributed by atoms with van der Waals surface area (Å²) < 4.78 is 0. The number of thiophene rings is 1. The molecule has 3 rings (SSSR count). The third-order valence-electron chi connectivity index (χ3n) is 4.87. The minimum atomic E-state index is 0. The number of hydrogen-bond donors (Lipinski definition) is 1. The van der Waals surface area contributed by atoms with Gasteiger partial charge in [0.15, 0.2) is 0 Å². The van der Waals surface area contributed by atoms with Crippen molar-refractivity contribution in [2.75, 3.05) is 19.6 Å². The molecule has 0 aliphatic carbocycles. The van der Waals surface area contributed by atoms with Crippen LogP contribution in [0.25, 0.3) is 0 Å². The maximum atomic E-state index is 10.2. The predicted molar refractivity (Wildman–Crippen MR) is 101 cm³/mol. The molecule has 1 N–H and O–H groups in total. The SMILES string of the molecule is Cc1ccc(C2CCCN(CCc3cccs3)C2)c(C)c1O.Cl. The Morgan fingerprint density at radius 3 is 2.83 bits per heavy atom. The molecule has 0 amide bonds. The van der Waals surface area contributed by atoms with E-state index in [1.807, 2.05) is 18.3 Å². The van der Waals surface area contributed by atoms with Crippen LogP contribution in [-0.2, 0) is 6.42 Å². The number of aromatic hydroxyl groups is 1. The van der Waals surface area contributed by atoms with Gasteiger partial charge in [0.2, 0.25) is 0 Å². The molecular weight excluding hydrogens is 326 g/mol. The maximum Gasteiger partial charge on any atom is 0.121 e. The molecule has 0 radical (unpaired) electrons. The van der Waals surface area contributed by atoms with Gasteiger partial charge in [-0.25, -0.2) is 0 Å². The number of hydrogen-bond acceptors (Lipinski definition) is 3. The van der Waals surface area contributed by atoms with Crippen molar-refractivity contribution < 1.29 is 5.11 Å². The van der Waals surface area contributed by atoms with Crippen molar-refractivity contribution in [1.82, 2.24) is 4.90 Å². The first kappa shape index (κ1) is 18.3. The molecule has 0 spiro atoms. The molecule has 2 heterocycles.